The quantitative estimate of drug-likeness (QED) is 0.635. The summed E-state index contributed by atoms with van der Waals surface area (Å²) in [7, 11) is 0. The van der Waals surface area contributed by atoms with Gasteiger partial charge in [-0.3, -0.25) is 15.1 Å². The predicted octanol–water partition coefficient (Wildman–Crippen LogP) is 2.29. The molecular formula is C13H16N4O2. The van der Waals surface area contributed by atoms with Crippen molar-refractivity contribution in [3.8, 4) is 0 Å². The van der Waals surface area contributed by atoms with Crippen molar-refractivity contribution < 1.29 is 4.92 Å². The third-order valence-corrected chi connectivity index (χ3v) is 2.86. The molecule has 0 spiro atoms. The largest absolute Gasteiger partial charge is 0.383 e. The SMILES string of the molecule is CC(N)CCNc1ccc([N+](=O)[O-])c2cccnc12. The Morgan fingerprint density at radius 1 is 1.47 bits per heavy atom. The maximum atomic E-state index is 11.0. The minimum absolute atomic E-state index is 0.0702. The molecule has 0 aliphatic heterocycles. The van der Waals surface area contributed by atoms with Crippen LogP contribution in [0, 0.1) is 10.1 Å². The lowest BCUT2D eigenvalue weighted by atomic mass is 10.1. The summed E-state index contributed by atoms with van der Waals surface area (Å²) in [6.07, 6.45) is 2.45. The van der Waals surface area contributed by atoms with Gasteiger partial charge in [-0.2, -0.15) is 0 Å². The van der Waals surface area contributed by atoms with Crippen LogP contribution >= 0.6 is 0 Å². The zero-order valence-corrected chi connectivity index (χ0v) is 10.7. The molecule has 19 heavy (non-hydrogen) atoms. The minimum atomic E-state index is -0.393. The van der Waals surface area contributed by atoms with Crippen molar-refractivity contribution in [1.29, 1.82) is 0 Å². The maximum absolute atomic E-state index is 11.0. The molecule has 0 saturated carbocycles. The first-order valence-electron chi connectivity index (χ1n) is 6.11. The van der Waals surface area contributed by atoms with E-state index in [1.165, 1.54) is 6.07 Å². The van der Waals surface area contributed by atoms with Gasteiger partial charge < -0.3 is 11.1 Å². The van der Waals surface area contributed by atoms with Crippen molar-refractivity contribution in [3.05, 3.63) is 40.6 Å². The number of nitrogens with one attached hydrogen (secondary N) is 1. The number of aromatic nitrogens is 1. The zero-order valence-electron chi connectivity index (χ0n) is 10.7. The van der Waals surface area contributed by atoms with E-state index in [2.05, 4.69) is 10.3 Å². The van der Waals surface area contributed by atoms with Gasteiger partial charge >= 0.3 is 0 Å². The maximum Gasteiger partial charge on any atom is 0.278 e. The van der Waals surface area contributed by atoms with Crippen molar-refractivity contribution in [2.75, 3.05) is 11.9 Å². The van der Waals surface area contributed by atoms with Crippen molar-refractivity contribution in [2.24, 2.45) is 5.73 Å². The lowest BCUT2D eigenvalue weighted by molar-refractivity contribution is -0.383. The fourth-order valence-electron chi connectivity index (χ4n) is 1.89. The molecule has 1 atom stereocenters. The molecule has 2 aromatic rings. The van der Waals surface area contributed by atoms with Crippen LogP contribution < -0.4 is 11.1 Å². The Hall–Kier alpha value is -2.21. The molecule has 0 aliphatic rings. The van der Waals surface area contributed by atoms with Crippen LogP contribution in [0.2, 0.25) is 0 Å². The third-order valence-electron chi connectivity index (χ3n) is 2.86. The van der Waals surface area contributed by atoms with E-state index in [9.17, 15) is 10.1 Å². The van der Waals surface area contributed by atoms with Gasteiger partial charge in [-0.1, -0.05) is 0 Å². The normalized spacial score (nSPS) is 12.3. The molecule has 0 fully saturated rings. The molecule has 2 rings (SSSR count). The van der Waals surface area contributed by atoms with Gasteiger partial charge in [0, 0.05) is 24.8 Å². The Labute approximate surface area is 110 Å². The number of hydrogen-bond acceptors (Lipinski definition) is 5. The molecule has 1 aromatic heterocycles. The van der Waals surface area contributed by atoms with E-state index >= 15 is 0 Å². The first-order valence-corrected chi connectivity index (χ1v) is 6.11. The highest BCUT2D eigenvalue weighted by atomic mass is 16.6. The molecule has 100 valence electrons. The van der Waals surface area contributed by atoms with Gasteiger partial charge in [-0.25, -0.2) is 0 Å². The van der Waals surface area contributed by atoms with Gasteiger partial charge in [0.05, 0.1) is 16.0 Å². The lowest BCUT2D eigenvalue weighted by Gasteiger charge is -2.10. The van der Waals surface area contributed by atoms with Gasteiger partial charge in [0.2, 0.25) is 0 Å². The molecular weight excluding hydrogens is 244 g/mol. The average molecular weight is 260 g/mol. The number of nitro benzene ring substituents is 1. The van der Waals surface area contributed by atoms with Gasteiger partial charge in [0.1, 0.15) is 5.52 Å². The Morgan fingerprint density at radius 3 is 2.95 bits per heavy atom. The first kappa shape index (κ1) is 13.2. The Kier molecular flexibility index (Phi) is 3.91. The molecule has 0 radical (unpaired) electrons. The predicted molar refractivity (Wildman–Crippen MR) is 75.2 cm³/mol. The summed E-state index contributed by atoms with van der Waals surface area (Å²) in [6, 6.07) is 6.70. The monoisotopic (exact) mass is 260 g/mol. The molecule has 1 aromatic carbocycles. The fourth-order valence-corrected chi connectivity index (χ4v) is 1.89. The molecule has 0 saturated heterocycles. The van der Waals surface area contributed by atoms with Crippen molar-refractivity contribution >= 4 is 22.3 Å². The van der Waals surface area contributed by atoms with Crippen LogP contribution in [0.3, 0.4) is 0 Å². The van der Waals surface area contributed by atoms with E-state index < -0.39 is 4.92 Å². The minimum Gasteiger partial charge on any atom is -0.383 e. The fraction of sp³-hybridized carbons (Fsp3) is 0.308. The van der Waals surface area contributed by atoms with Crippen molar-refractivity contribution in [1.82, 2.24) is 4.98 Å². The van der Waals surface area contributed by atoms with Crippen LogP contribution in [-0.2, 0) is 0 Å². The molecule has 1 heterocycles. The molecule has 0 aliphatic carbocycles. The van der Waals surface area contributed by atoms with Crippen LogP contribution in [0.1, 0.15) is 13.3 Å². The molecule has 0 amide bonds. The van der Waals surface area contributed by atoms with E-state index in [4.69, 9.17) is 5.73 Å². The van der Waals surface area contributed by atoms with Crippen LogP contribution in [0.4, 0.5) is 11.4 Å². The summed E-state index contributed by atoms with van der Waals surface area (Å²) >= 11 is 0. The van der Waals surface area contributed by atoms with E-state index in [1.807, 2.05) is 6.92 Å². The topological polar surface area (TPSA) is 94.1 Å². The number of nitrogens with zero attached hydrogens (tertiary/aromatic N) is 2. The summed E-state index contributed by atoms with van der Waals surface area (Å²) in [4.78, 5) is 14.8. The number of fused-ring (bicyclic) bond motifs is 1. The summed E-state index contributed by atoms with van der Waals surface area (Å²) in [5.41, 5.74) is 7.16. The number of nitro groups is 1. The highest BCUT2D eigenvalue weighted by molar-refractivity contribution is 5.96. The van der Waals surface area contributed by atoms with Gasteiger partial charge in [0.15, 0.2) is 0 Å². The average Bonchev–Trinajstić information content (AvgIpc) is 2.38. The van der Waals surface area contributed by atoms with Gasteiger partial charge in [-0.05, 0) is 31.5 Å². The van der Waals surface area contributed by atoms with Crippen LogP contribution in [0.5, 0.6) is 0 Å². The molecule has 6 heteroatoms. The number of pyridine rings is 1. The zero-order chi connectivity index (χ0) is 13.8. The van der Waals surface area contributed by atoms with Crippen molar-refractivity contribution in [3.63, 3.8) is 0 Å². The number of benzene rings is 1. The summed E-state index contributed by atoms with van der Waals surface area (Å²) in [5, 5.41) is 14.7. The van der Waals surface area contributed by atoms with E-state index in [-0.39, 0.29) is 11.7 Å². The number of non-ortho nitro benzene ring substituents is 1. The Balaban J connectivity index is 2.36. The number of anilines is 1. The number of rotatable bonds is 5. The number of hydrogen-bond donors (Lipinski definition) is 2. The smallest absolute Gasteiger partial charge is 0.278 e. The van der Waals surface area contributed by atoms with Crippen LogP contribution in [-0.4, -0.2) is 22.5 Å². The second-order valence-corrected chi connectivity index (χ2v) is 4.48. The number of nitrogens with two attached hydrogens (primary N) is 1. The molecule has 0 bridgehead atoms. The van der Waals surface area contributed by atoms with Crippen LogP contribution in [0.15, 0.2) is 30.5 Å². The first-order chi connectivity index (χ1) is 9.09. The molecule has 1 unspecified atom stereocenters. The highest BCUT2D eigenvalue weighted by Gasteiger charge is 2.14. The van der Waals surface area contributed by atoms with Gasteiger partial charge in [-0.15, -0.1) is 0 Å². The summed E-state index contributed by atoms with van der Waals surface area (Å²) in [5.74, 6) is 0. The third kappa shape index (κ3) is 2.97. The summed E-state index contributed by atoms with van der Waals surface area (Å²) < 4.78 is 0. The van der Waals surface area contributed by atoms with Crippen molar-refractivity contribution in [2.45, 2.75) is 19.4 Å². The summed E-state index contributed by atoms with van der Waals surface area (Å²) in [6.45, 7) is 2.65. The van der Waals surface area contributed by atoms with E-state index in [0.29, 0.717) is 17.4 Å². The van der Waals surface area contributed by atoms with E-state index in [1.54, 1.807) is 24.4 Å². The Morgan fingerprint density at radius 2 is 2.26 bits per heavy atom. The second-order valence-electron chi connectivity index (χ2n) is 4.48. The van der Waals surface area contributed by atoms with Crippen LogP contribution in [0.25, 0.3) is 10.9 Å². The lowest BCUT2D eigenvalue weighted by Crippen LogP contribution is -2.19. The molecule has 6 nitrogen and oxygen atoms in total. The Bertz CT molecular complexity index is 598. The molecule has 3 N–H and O–H groups in total. The second kappa shape index (κ2) is 5.62. The highest BCUT2D eigenvalue weighted by Crippen LogP contribution is 2.29. The van der Waals surface area contributed by atoms with Gasteiger partial charge in [0.25, 0.3) is 5.69 Å². The standard InChI is InChI=1S/C13H16N4O2/c1-9(14)6-8-15-11-4-5-12(17(18)19)10-3-2-7-16-13(10)11/h2-5,7,9,15H,6,8,14H2,1H3. The van der Waals surface area contributed by atoms with E-state index in [0.717, 1.165) is 12.1 Å².